The molecule has 0 spiro atoms. The minimum atomic E-state index is -4.00. The number of hydrogen-bond acceptors (Lipinski definition) is 1. The average Bonchev–Trinajstić information content (AvgIpc) is 1.97. The van der Waals surface area contributed by atoms with Gasteiger partial charge in [0.25, 0.3) is 0 Å². The zero-order valence-corrected chi connectivity index (χ0v) is 6.86. The van der Waals surface area contributed by atoms with Crippen LogP contribution in [0.3, 0.4) is 0 Å². The molecule has 1 rings (SSSR count). The Morgan fingerprint density at radius 2 is 1.92 bits per heavy atom. The van der Waals surface area contributed by atoms with E-state index in [2.05, 4.69) is 0 Å². The van der Waals surface area contributed by atoms with E-state index in [-0.39, 0.29) is 0 Å². The van der Waals surface area contributed by atoms with Crippen molar-refractivity contribution >= 4 is 5.78 Å². The number of rotatable bonds is 2. The molecule has 0 heterocycles. The van der Waals surface area contributed by atoms with Crippen molar-refractivity contribution in [1.82, 2.24) is 0 Å². The van der Waals surface area contributed by atoms with Crippen LogP contribution in [0.2, 0.25) is 0 Å². The third-order valence-electron chi connectivity index (χ3n) is 1.99. The predicted molar refractivity (Wildman–Crippen MR) is 37.8 cm³/mol. The Labute approximate surface area is 72.4 Å². The third kappa shape index (κ3) is 1.59. The molecule has 0 N–H and O–H groups in total. The van der Waals surface area contributed by atoms with E-state index in [0.29, 0.717) is 0 Å². The molecule has 1 aliphatic carbocycles. The van der Waals surface area contributed by atoms with E-state index in [0.717, 1.165) is 12.2 Å². The fraction of sp³-hybridized carbons (Fsp3) is 0.625. The predicted octanol–water partition coefficient (Wildman–Crippen LogP) is 2.42. The van der Waals surface area contributed by atoms with Crippen LogP contribution in [-0.2, 0) is 4.79 Å². The van der Waals surface area contributed by atoms with Gasteiger partial charge in [0.2, 0.25) is 0 Å². The van der Waals surface area contributed by atoms with Gasteiger partial charge in [0.15, 0.2) is 5.78 Å². The van der Waals surface area contributed by atoms with E-state index in [4.69, 9.17) is 0 Å². The molecule has 0 aliphatic heterocycles. The Hall–Kier alpha value is -0.870. The van der Waals surface area contributed by atoms with Crippen molar-refractivity contribution in [3.63, 3.8) is 0 Å². The summed E-state index contributed by atoms with van der Waals surface area (Å²) in [4.78, 5) is 10.3. The number of ketones is 1. The number of alkyl halides is 4. The number of hydrogen-bond donors (Lipinski definition) is 0. The summed E-state index contributed by atoms with van der Waals surface area (Å²) in [5.74, 6) is -9.85. The Morgan fingerprint density at radius 1 is 1.38 bits per heavy atom. The molecular formula is C8H8F4O. The molecule has 0 aromatic carbocycles. The second-order valence-electron chi connectivity index (χ2n) is 3.11. The number of halogens is 4. The monoisotopic (exact) mass is 196 g/mol. The van der Waals surface area contributed by atoms with Crippen LogP contribution in [0.25, 0.3) is 0 Å². The molecule has 0 amide bonds. The van der Waals surface area contributed by atoms with Gasteiger partial charge in [-0.1, -0.05) is 6.08 Å². The highest BCUT2D eigenvalue weighted by Crippen LogP contribution is 2.55. The van der Waals surface area contributed by atoms with Crippen LogP contribution in [0.5, 0.6) is 0 Å². The van der Waals surface area contributed by atoms with Gasteiger partial charge in [-0.2, -0.15) is 17.6 Å². The first-order valence-corrected chi connectivity index (χ1v) is 3.72. The van der Waals surface area contributed by atoms with Gasteiger partial charge in [-0.3, -0.25) is 4.79 Å². The van der Waals surface area contributed by atoms with Crippen LogP contribution >= 0.6 is 0 Å². The van der Waals surface area contributed by atoms with Crippen molar-refractivity contribution < 1.29 is 22.4 Å². The first kappa shape index (κ1) is 10.2. The number of allylic oxidation sites excluding steroid dienone is 2. The second-order valence-corrected chi connectivity index (χ2v) is 3.11. The highest BCUT2D eigenvalue weighted by molar-refractivity contribution is 5.87. The summed E-state index contributed by atoms with van der Waals surface area (Å²) in [6.07, 6.45) is 0.858. The average molecular weight is 196 g/mol. The van der Waals surface area contributed by atoms with Gasteiger partial charge in [0, 0.05) is 6.42 Å². The summed E-state index contributed by atoms with van der Waals surface area (Å²) < 4.78 is 49.5. The maximum Gasteiger partial charge on any atom is 0.316 e. The molecule has 1 unspecified atom stereocenters. The molecule has 0 aromatic heterocycles. The van der Waals surface area contributed by atoms with E-state index < -0.39 is 30.0 Å². The van der Waals surface area contributed by atoms with Crippen LogP contribution in [0.15, 0.2) is 12.2 Å². The number of carbonyl (C=O) groups is 1. The molecule has 1 nitrogen and oxygen atoms in total. The summed E-state index contributed by atoms with van der Waals surface area (Å²) in [5, 5.41) is 0. The standard InChI is InChI=1S/C8H8F4O/c1-5(13)2-3-6-4-7(9,10)8(6,11)12/h2-3,6H,4H2,1H3/b3-2+. The molecule has 0 aromatic rings. The van der Waals surface area contributed by atoms with Crippen LogP contribution in [0.4, 0.5) is 17.6 Å². The lowest BCUT2D eigenvalue weighted by atomic mass is 9.76. The van der Waals surface area contributed by atoms with Crippen LogP contribution in [0, 0.1) is 5.92 Å². The second kappa shape index (κ2) is 2.82. The largest absolute Gasteiger partial charge is 0.316 e. The zero-order valence-electron chi connectivity index (χ0n) is 6.86. The van der Waals surface area contributed by atoms with Gasteiger partial charge in [0.05, 0.1) is 5.92 Å². The summed E-state index contributed by atoms with van der Waals surface area (Å²) in [6.45, 7) is 1.17. The maximum absolute atomic E-state index is 12.5. The molecule has 5 heteroatoms. The van der Waals surface area contributed by atoms with E-state index in [9.17, 15) is 22.4 Å². The molecular weight excluding hydrogens is 188 g/mol. The Morgan fingerprint density at radius 3 is 2.23 bits per heavy atom. The summed E-state index contributed by atoms with van der Waals surface area (Å²) in [5.41, 5.74) is 0. The Kier molecular flexibility index (Phi) is 2.21. The van der Waals surface area contributed by atoms with Gasteiger partial charge in [-0.05, 0) is 13.0 Å². The van der Waals surface area contributed by atoms with Crippen LogP contribution in [-0.4, -0.2) is 17.6 Å². The highest BCUT2D eigenvalue weighted by atomic mass is 19.3. The summed E-state index contributed by atoms with van der Waals surface area (Å²) in [7, 11) is 0. The van der Waals surface area contributed by atoms with Crippen molar-refractivity contribution in [2.75, 3.05) is 0 Å². The minimum Gasteiger partial charge on any atom is -0.295 e. The van der Waals surface area contributed by atoms with Crippen LogP contribution in [0.1, 0.15) is 13.3 Å². The molecule has 13 heavy (non-hydrogen) atoms. The minimum absolute atomic E-state index is 0.425. The van der Waals surface area contributed by atoms with Crippen molar-refractivity contribution in [1.29, 1.82) is 0 Å². The third-order valence-corrected chi connectivity index (χ3v) is 1.99. The first-order chi connectivity index (χ1) is 5.77. The molecule has 1 saturated carbocycles. The van der Waals surface area contributed by atoms with Gasteiger partial charge in [0.1, 0.15) is 0 Å². The van der Waals surface area contributed by atoms with E-state index in [1.807, 2.05) is 0 Å². The van der Waals surface area contributed by atoms with Crippen LogP contribution < -0.4 is 0 Å². The normalized spacial score (nSPS) is 30.1. The smallest absolute Gasteiger partial charge is 0.295 e. The van der Waals surface area contributed by atoms with E-state index >= 15 is 0 Å². The highest BCUT2D eigenvalue weighted by Gasteiger charge is 2.70. The van der Waals surface area contributed by atoms with Crippen molar-refractivity contribution in [3.05, 3.63) is 12.2 Å². The fourth-order valence-electron chi connectivity index (χ4n) is 1.12. The van der Waals surface area contributed by atoms with Crippen molar-refractivity contribution in [2.45, 2.75) is 25.2 Å². The van der Waals surface area contributed by atoms with Crippen molar-refractivity contribution in [3.8, 4) is 0 Å². The molecule has 0 bridgehead atoms. The van der Waals surface area contributed by atoms with Gasteiger partial charge < -0.3 is 0 Å². The maximum atomic E-state index is 12.5. The Bertz CT molecular complexity index is 257. The lowest BCUT2D eigenvalue weighted by Gasteiger charge is -2.42. The van der Waals surface area contributed by atoms with E-state index in [1.165, 1.54) is 6.92 Å². The molecule has 1 aliphatic rings. The number of carbonyl (C=O) groups excluding carboxylic acids is 1. The summed E-state index contributed by atoms with van der Waals surface area (Å²) >= 11 is 0. The molecule has 1 atom stereocenters. The molecule has 1 fully saturated rings. The van der Waals surface area contributed by atoms with E-state index in [1.54, 1.807) is 0 Å². The molecule has 74 valence electrons. The van der Waals surface area contributed by atoms with Gasteiger partial charge in [-0.25, -0.2) is 0 Å². The Balaban J connectivity index is 2.65. The lowest BCUT2D eigenvalue weighted by molar-refractivity contribution is -0.301. The fourth-order valence-corrected chi connectivity index (χ4v) is 1.12. The lowest BCUT2D eigenvalue weighted by Crippen LogP contribution is -2.57. The summed E-state index contributed by atoms with van der Waals surface area (Å²) in [6, 6.07) is 0. The SMILES string of the molecule is CC(=O)/C=C/C1CC(F)(F)C1(F)F. The molecule has 0 radical (unpaired) electrons. The quantitative estimate of drug-likeness (QED) is 0.489. The van der Waals surface area contributed by atoms with Gasteiger partial charge in [-0.15, -0.1) is 0 Å². The first-order valence-electron chi connectivity index (χ1n) is 3.72. The topological polar surface area (TPSA) is 17.1 Å². The van der Waals surface area contributed by atoms with Crippen molar-refractivity contribution in [2.24, 2.45) is 5.92 Å². The molecule has 0 saturated heterocycles. The van der Waals surface area contributed by atoms with Gasteiger partial charge >= 0.3 is 11.8 Å². The zero-order chi connectivity index (χ0) is 10.3.